The normalized spacial score (nSPS) is 14.5. The second-order valence-corrected chi connectivity index (χ2v) is 8.90. The molecule has 0 fully saturated rings. The van der Waals surface area contributed by atoms with Gasteiger partial charge in [-0.2, -0.15) is 0 Å². The Bertz CT molecular complexity index is 1090. The molecule has 1 aliphatic carbocycles. The van der Waals surface area contributed by atoms with Crippen LogP contribution in [0.2, 0.25) is 0 Å². The zero-order valence-corrected chi connectivity index (χ0v) is 20.4. The summed E-state index contributed by atoms with van der Waals surface area (Å²) in [4.78, 5) is 28.6. The monoisotopic (exact) mass is 472 g/mol. The highest BCUT2D eigenvalue weighted by molar-refractivity contribution is 5.84. The number of carbonyl (C=O) groups is 2. The number of hydrogen-bond donors (Lipinski definition) is 0. The Morgan fingerprint density at radius 3 is 2.20 bits per heavy atom. The Kier molecular flexibility index (Phi) is 8.03. The van der Waals surface area contributed by atoms with Gasteiger partial charge in [0.15, 0.2) is 6.61 Å². The molecule has 1 unspecified atom stereocenters. The first-order valence-corrected chi connectivity index (χ1v) is 12.0. The van der Waals surface area contributed by atoms with E-state index in [2.05, 4.69) is 15.7 Å². The number of amides is 1. The Labute approximate surface area is 207 Å². The van der Waals surface area contributed by atoms with Crippen LogP contribution in [0.15, 0.2) is 78.9 Å². The molecule has 35 heavy (non-hydrogen) atoms. The highest BCUT2D eigenvalue weighted by Gasteiger charge is 2.25. The zero-order chi connectivity index (χ0) is 24.6. The van der Waals surface area contributed by atoms with Gasteiger partial charge in [-0.25, -0.2) is 4.79 Å². The van der Waals surface area contributed by atoms with Crippen molar-refractivity contribution in [1.82, 2.24) is 4.90 Å². The third kappa shape index (κ3) is 6.21. The number of benzene rings is 3. The molecule has 0 heterocycles. The van der Waals surface area contributed by atoms with E-state index in [9.17, 15) is 9.59 Å². The molecule has 6 nitrogen and oxygen atoms in total. The molecule has 0 bridgehead atoms. The van der Waals surface area contributed by atoms with Gasteiger partial charge >= 0.3 is 5.97 Å². The number of likely N-dealkylation sites (N-methyl/N-ethyl adjacent to an activating group) is 1. The van der Waals surface area contributed by atoms with Crippen LogP contribution in [0, 0.1) is 5.92 Å². The van der Waals surface area contributed by atoms with Crippen molar-refractivity contribution in [3.05, 3.63) is 90.0 Å². The fourth-order valence-electron chi connectivity index (χ4n) is 4.63. The minimum Gasteiger partial charge on any atom is -0.482 e. The van der Waals surface area contributed by atoms with E-state index in [4.69, 9.17) is 4.74 Å². The SMILES string of the molecule is COC(=O)COc1cccc2c1CCC(CN(C)C(=O)CN(c1ccccc1)c1ccccc1)C2. The summed E-state index contributed by atoms with van der Waals surface area (Å²) in [5.74, 6) is 0.807. The van der Waals surface area contributed by atoms with Gasteiger partial charge in [-0.1, -0.05) is 48.5 Å². The van der Waals surface area contributed by atoms with Crippen LogP contribution in [0.3, 0.4) is 0 Å². The van der Waals surface area contributed by atoms with E-state index in [1.165, 1.54) is 12.7 Å². The van der Waals surface area contributed by atoms with Crippen LogP contribution in [0.4, 0.5) is 11.4 Å². The molecule has 0 saturated heterocycles. The van der Waals surface area contributed by atoms with Gasteiger partial charge in [-0.05, 0) is 66.6 Å². The van der Waals surface area contributed by atoms with Gasteiger partial charge in [0.1, 0.15) is 12.3 Å². The fraction of sp³-hybridized carbons (Fsp3) is 0.310. The maximum absolute atomic E-state index is 13.3. The lowest BCUT2D eigenvalue weighted by molar-refractivity contribution is -0.142. The highest BCUT2D eigenvalue weighted by Crippen LogP contribution is 2.33. The predicted molar refractivity (Wildman–Crippen MR) is 137 cm³/mol. The number of methoxy groups -OCH3 is 1. The van der Waals surface area contributed by atoms with E-state index in [0.717, 1.165) is 42.0 Å². The second kappa shape index (κ2) is 11.6. The number of esters is 1. The van der Waals surface area contributed by atoms with Gasteiger partial charge in [0.05, 0.1) is 7.11 Å². The Morgan fingerprint density at radius 2 is 1.57 bits per heavy atom. The lowest BCUT2D eigenvalue weighted by Gasteiger charge is -2.31. The number of fused-ring (bicyclic) bond motifs is 1. The summed E-state index contributed by atoms with van der Waals surface area (Å²) in [5, 5.41) is 0. The third-order valence-corrected chi connectivity index (χ3v) is 6.50. The first-order chi connectivity index (χ1) is 17.0. The lowest BCUT2D eigenvalue weighted by atomic mass is 9.83. The average molecular weight is 473 g/mol. The summed E-state index contributed by atoms with van der Waals surface area (Å²) in [6, 6.07) is 26.0. The molecule has 0 saturated carbocycles. The molecule has 182 valence electrons. The van der Waals surface area contributed by atoms with Gasteiger partial charge in [-0.15, -0.1) is 0 Å². The number of hydrogen-bond acceptors (Lipinski definition) is 5. The number of anilines is 2. The van der Waals surface area contributed by atoms with Crippen LogP contribution in [0.25, 0.3) is 0 Å². The molecule has 0 spiro atoms. The van der Waals surface area contributed by atoms with Gasteiger partial charge in [0.2, 0.25) is 5.91 Å². The van der Waals surface area contributed by atoms with Crippen molar-refractivity contribution in [2.45, 2.75) is 19.3 Å². The van der Waals surface area contributed by atoms with Gasteiger partial charge in [-0.3, -0.25) is 4.79 Å². The number of para-hydroxylation sites is 2. The molecule has 0 aliphatic heterocycles. The molecule has 6 heteroatoms. The summed E-state index contributed by atoms with van der Waals surface area (Å²) < 4.78 is 10.4. The van der Waals surface area contributed by atoms with Crippen molar-refractivity contribution >= 4 is 23.3 Å². The van der Waals surface area contributed by atoms with Crippen LogP contribution >= 0.6 is 0 Å². The molecule has 0 radical (unpaired) electrons. The van der Waals surface area contributed by atoms with Crippen molar-refractivity contribution in [2.75, 3.05) is 38.8 Å². The van der Waals surface area contributed by atoms with Gasteiger partial charge < -0.3 is 19.3 Å². The van der Waals surface area contributed by atoms with E-state index >= 15 is 0 Å². The molecule has 3 aromatic carbocycles. The Hall–Kier alpha value is -3.80. The first-order valence-electron chi connectivity index (χ1n) is 12.0. The summed E-state index contributed by atoms with van der Waals surface area (Å²) in [5.41, 5.74) is 4.36. The predicted octanol–water partition coefficient (Wildman–Crippen LogP) is 4.64. The second-order valence-electron chi connectivity index (χ2n) is 8.90. The molecule has 0 aromatic heterocycles. The maximum atomic E-state index is 13.3. The highest BCUT2D eigenvalue weighted by atomic mass is 16.6. The molecule has 1 amide bonds. The number of rotatable bonds is 9. The van der Waals surface area contributed by atoms with Crippen LogP contribution in [0.1, 0.15) is 17.5 Å². The number of ether oxygens (including phenoxy) is 2. The molecule has 1 aliphatic rings. The van der Waals surface area contributed by atoms with Gasteiger partial charge in [0, 0.05) is 25.0 Å². The minimum absolute atomic E-state index is 0.0821. The van der Waals surface area contributed by atoms with Crippen molar-refractivity contribution in [3.63, 3.8) is 0 Å². The molecular weight excluding hydrogens is 440 g/mol. The molecule has 3 aromatic rings. The molecule has 0 N–H and O–H groups in total. The Morgan fingerprint density at radius 1 is 0.914 bits per heavy atom. The molecular formula is C29H32N2O4. The van der Waals surface area contributed by atoms with Gasteiger partial charge in [0.25, 0.3) is 0 Å². The molecule has 4 rings (SSSR count). The summed E-state index contributed by atoms with van der Waals surface area (Å²) in [7, 11) is 3.25. The average Bonchev–Trinajstić information content (AvgIpc) is 2.90. The van der Waals surface area contributed by atoms with E-state index in [0.29, 0.717) is 12.5 Å². The van der Waals surface area contributed by atoms with E-state index < -0.39 is 5.97 Å². The van der Waals surface area contributed by atoms with Crippen LogP contribution in [-0.2, 0) is 27.2 Å². The van der Waals surface area contributed by atoms with E-state index in [1.807, 2.05) is 84.7 Å². The number of carbonyl (C=O) groups excluding carboxylic acids is 2. The number of nitrogens with zero attached hydrogens (tertiary/aromatic N) is 2. The minimum atomic E-state index is -0.392. The fourth-order valence-corrected chi connectivity index (χ4v) is 4.63. The van der Waals surface area contributed by atoms with Crippen molar-refractivity contribution in [2.24, 2.45) is 5.92 Å². The van der Waals surface area contributed by atoms with Crippen LogP contribution in [-0.4, -0.2) is 50.6 Å². The quantitative estimate of drug-likeness (QED) is 0.425. The van der Waals surface area contributed by atoms with Crippen molar-refractivity contribution in [3.8, 4) is 5.75 Å². The lowest BCUT2D eigenvalue weighted by Crippen LogP contribution is -2.40. The summed E-state index contributed by atoms with van der Waals surface area (Å²) in [6.45, 7) is 0.884. The standard InChI is InChI=1S/C29H32N2O4/c1-30(28(32)20-31(24-11-5-3-6-12-24)25-13-7-4-8-14-25)19-22-16-17-26-23(18-22)10-9-15-27(26)35-21-29(33)34-2/h3-15,22H,16-21H2,1-2H3. The summed E-state index contributed by atoms with van der Waals surface area (Å²) in [6.07, 6.45) is 2.70. The Balaban J connectivity index is 1.40. The van der Waals surface area contributed by atoms with Crippen LogP contribution < -0.4 is 9.64 Å². The van der Waals surface area contributed by atoms with Crippen LogP contribution in [0.5, 0.6) is 5.75 Å². The molecule has 1 atom stereocenters. The first kappa shape index (κ1) is 24.3. The summed E-state index contributed by atoms with van der Waals surface area (Å²) >= 11 is 0. The topological polar surface area (TPSA) is 59.1 Å². The van der Waals surface area contributed by atoms with Crippen molar-refractivity contribution < 1.29 is 19.1 Å². The van der Waals surface area contributed by atoms with Crippen molar-refractivity contribution in [1.29, 1.82) is 0 Å². The maximum Gasteiger partial charge on any atom is 0.343 e. The smallest absolute Gasteiger partial charge is 0.343 e. The third-order valence-electron chi connectivity index (χ3n) is 6.50. The van der Waals surface area contributed by atoms with E-state index in [-0.39, 0.29) is 19.1 Å². The van der Waals surface area contributed by atoms with E-state index in [1.54, 1.807) is 0 Å². The zero-order valence-electron chi connectivity index (χ0n) is 20.4. The largest absolute Gasteiger partial charge is 0.482 e.